The fourth-order valence-corrected chi connectivity index (χ4v) is 3.28. The number of methoxy groups -OCH3 is 2. The van der Waals surface area contributed by atoms with Crippen molar-refractivity contribution in [3.63, 3.8) is 0 Å². The minimum atomic E-state index is -0.878. The Labute approximate surface area is 137 Å². The van der Waals surface area contributed by atoms with E-state index in [0.29, 0.717) is 11.3 Å². The zero-order valence-electron chi connectivity index (χ0n) is 13.7. The van der Waals surface area contributed by atoms with Crippen molar-refractivity contribution >= 4 is 17.7 Å². The Morgan fingerprint density at radius 2 is 1.77 bits per heavy atom. The number of carboxylic acid groups (broad SMARTS) is 1. The molecule has 1 N–H and O–H groups in total. The van der Waals surface area contributed by atoms with E-state index in [1.54, 1.807) is 32.0 Å². The maximum absolute atomic E-state index is 10.9. The van der Waals surface area contributed by atoms with Crippen LogP contribution in [-0.2, 0) is 11.2 Å². The highest BCUT2D eigenvalue weighted by Crippen LogP contribution is 2.36. The largest absolute Gasteiger partial charge is 0.496 e. The average Bonchev–Trinajstić information content (AvgIpc) is 2.50. The third-order valence-electron chi connectivity index (χ3n) is 3.41. The summed E-state index contributed by atoms with van der Waals surface area (Å²) in [6.07, 6.45) is 6.19. The number of carboxylic acids is 1. The second kappa shape index (κ2) is 10.4. The quantitative estimate of drug-likeness (QED) is 0.483. The van der Waals surface area contributed by atoms with Gasteiger partial charge in [-0.25, -0.2) is 0 Å². The molecular weight excluding hydrogens is 300 g/mol. The molecular formula is C17H26O4S. The third kappa shape index (κ3) is 6.18. The van der Waals surface area contributed by atoms with Gasteiger partial charge >= 0.3 is 5.97 Å². The predicted octanol–water partition coefficient (Wildman–Crippen LogP) is 4.39. The normalized spacial score (nSPS) is 10.5. The molecule has 124 valence electrons. The first-order valence-electron chi connectivity index (χ1n) is 7.71. The smallest absolute Gasteiger partial charge is 0.307 e. The number of benzene rings is 1. The van der Waals surface area contributed by atoms with Crippen molar-refractivity contribution in [3.8, 4) is 11.5 Å². The fraction of sp³-hybridized carbons (Fsp3) is 0.588. The van der Waals surface area contributed by atoms with E-state index < -0.39 is 5.97 Å². The van der Waals surface area contributed by atoms with Crippen molar-refractivity contribution < 1.29 is 19.4 Å². The molecule has 1 aromatic rings. The van der Waals surface area contributed by atoms with Gasteiger partial charge in [-0.1, -0.05) is 32.6 Å². The van der Waals surface area contributed by atoms with E-state index in [2.05, 4.69) is 6.92 Å². The Morgan fingerprint density at radius 1 is 1.09 bits per heavy atom. The van der Waals surface area contributed by atoms with Gasteiger partial charge in [0.15, 0.2) is 0 Å². The minimum Gasteiger partial charge on any atom is -0.496 e. The molecule has 0 aliphatic heterocycles. The van der Waals surface area contributed by atoms with Crippen LogP contribution in [-0.4, -0.2) is 31.0 Å². The van der Waals surface area contributed by atoms with Crippen molar-refractivity contribution in [1.29, 1.82) is 0 Å². The van der Waals surface area contributed by atoms with Gasteiger partial charge in [-0.3, -0.25) is 4.79 Å². The highest BCUT2D eigenvalue weighted by Gasteiger charge is 2.14. The summed E-state index contributed by atoms with van der Waals surface area (Å²) < 4.78 is 10.7. The van der Waals surface area contributed by atoms with Crippen LogP contribution < -0.4 is 9.47 Å². The molecule has 0 amide bonds. The van der Waals surface area contributed by atoms with E-state index in [1.807, 2.05) is 6.07 Å². The molecule has 0 bridgehead atoms. The Bertz CT molecular complexity index is 474. The molecule has 0 heterocycles. The first-order valence-corrected chi connectivity index (χ1v) is 8.70. The van der Waals surface area contributed by atoms with Crippen LogP contribution in [0.4, 0.5) is 0 Å². The number of unbranched alkanes of at least 4 members (excludes halogenated alkanes) is 4. The van der Waals surface area contributed by atoms with Gasteiger partial charge in [0.05, 0.1) is 25.5 Å². The van der Waals surface area contributed by atoms with Crippen molar-refractivity contribution in [1.82, 2.24) is 0 Å². The number of aliphatic carboxylic acids is 1. The Balaban J connectivity index is 2.70. The number of rotatable bonds is 11. The number of carbonyl (C=O) groups is 1. The molecule has 4 nitrogen and oxygen atoms in total. The van der Waals surface area contributed by atoms with Crippen molar-refractivity contribution in [2.45, 2.75) is 50.3 Å². The maximum atomic E-state index is 10.9. The maximum Gasteiger partial charge on any atom is 0.307 e. The second-order valence-corrected chi connectivity index (χ2v) is 6.28. The van der Waals surface area contributed by atoms with E-state index in [0.717, 1.165) is 16.4 Å². The van der Waals surface area contributed by atoms with Gasteiger partial charge in [0.2, 0.25) is 0 Å². The summed E-state index contributed by atoms with van der Waals surface area (Å²) in [5.41, 5.74) is 0.638. The van der Waals surface area contributed by atoms with Crippen LogP contribution in [0.5, 0.6) is 11.5 Å². The number of ether oxygens (including phenoxy) is 2. The van der Waals surface area contributed by atoms with Gasteiger partial charge in [-0.05, 0) is 24.3 Å². The summed E-state index contributed by atoms with van der Waals surface area (Å²) in [5.74, 6) is 1.48. The summed E-state index contributed by atoms with van der Waals surface area (Å²) in [6.45, 7) is 2.21. The first kappa shape index (κ1) is 18.7. The Morgan fingerprint density at radius 3 is 2.36 bits per heavy atom. The molecule has 0 saturated heterocycles. The zero-order chi connectivity index (χ0) is 16.4. The minimum absolute atomic E-state index is 0.0680. The van der Waals surface area contributed by atoms with Gasteiger partial charge < -0.3 is 14.6 Å². The summed E-state index contributed by atoms with van der Waals surface area (Å²) in [5, 5.41) is 8.96. The first-order chi connectivity index (χ1) is 10.6. The molecule has 0 aliphatic rings. The average molecular weight is 326 g/mol. The van der Waals surface area contributed by atoms with Crippen LogP contribution in [0.25, 0.3) is 0 Å². The summed E-state index contributed by atoms with van der Waals surface area (Å²) >= 11 is 1.73. The number of hydrogen-bond acceptors (Lipinski definition) is 4. The van der Waals surface area contributed by atoms with Crippen LogP contribution in [0.2, 0.25) is 0 Å². The second-order valence-electron chi connectivity index (χ2n) is 5.15. The van der Waals surface area contributed by atoms with E-state index in [4.69, 9.17) is 14.6 Å². The zero-order valence-corrected chi connectivity index (χ0v) is 14.5. The van der Waals surface area contributed by atoms with Crippen molar-refractivity contribution in [2.24, 2.45) is 0 Å². The molecule has 0 spiro atoms. The summed E-state index contributed by atoms with van der Waals surface area (Å²) in [6, 6.07) is 3.65. The highest BCUT2D eigenvalue weighted by molar-refractivity contribution is 7.99. The van der Waals surface area contributed by atoms with Crippen LogP contribution >= 0.6 is 11.8 Å². The van der Waals surface area contributed by atoms with Crippen LogP contribution in [0.15, 0.2) is 17.0 Å². The van der Waals surface area contributed by atoms with Gasteiger partial charge in [0.25, 0.3) is 0 Å². The molecule has 0 aliphatic carbocycles. The fourth-order valence-electron chi connectivity index (χ4n) is 2.23. The topological polar surface area (TPSA) is 55.8 Å². The standard InChI is InChI=1S/C17H26O4S/c1-4-5-6-7-8-9-22-16-12-14(20-2)13(11-17(18)19)10-15(16)21-3/h10,12H,4-9,11H2,1-3H3,(H,18,19). The SMILES string of the molecule is CCCCCCCSc1cc(OC)c(CC(=O)O)cc1OC. The van der Waals surface area contributed by atoms with Crippen LogP contribution in [0.3, 0.4) is 0 Å². The number of thioether (sulfide) groups is 1. The Hall–Kier alpha value is -1.36. The van der Waals surface area contributed by atoms with E-state index in [-0.39, 0.29) is 6.42 Å². The summed E-state index contributed by atoms with van der Waals surface area (Å²) in [4.78, 5) is 11.9. The Kier molecular flexibility index (Phi) is 8.82. The molecule has 1 aromatic carbocycles. The molecule has 0 aromatic heterocycles. The highest BCUT2D eigenvalue weighted by atomic mass is 32.2. The van der Waals surface area contributed by atoms with Crippen molar-refractivity contribution in [3.05, 3.63) is 17.7 Å². The molecule has 22 heavy (non-hydrogen) atoms. The van der Waals surface area contributed by atoms with Gasteiger partial charge in [0.1, 0.15) is 11.5 Å². The molecule has 1 rings (SSSR count). The summed E-state index contributed by atoms with van der Waals surface area (Å²) in [7, 11) is 3.17. The monoisotopic (exact) mass is 326 g/mol. The van der Waals surface area contributed by atoms with Gasteiger partial charge in [-0.15, -0.1) is 11.8 Å². The van der Waals surface area contributed by atoms with E-state index in [9.17, 15) is 4.79 Å². The third-order valence-corrected chi connectivity index (χ3v) is 4.54. The lowest BCUT2D eigenvalue weighted by molar-refractivity contribution is -0.136. The lowest BCUT2D eigenvalue weighted by Crippen LogP contribution is -2.03. The predicted molar refractivity (Wildman–Crippen MR) is 90.4 cm³/mol. The number of hydrogen-bond donors (Lipinski definition) is 1. The van der Waals surface area contributed by atoms with Crippen LogP contribution in [0, 0.1) is 0 Å². The molecule has 5 heteroatoms. The lowest BCUT2D eigenvalue weighted by atomic mass is 10.1. The molecule has 0 saturated carbocycles. The van der Waals surface area contributed by atoms with Gasteiger partial charge in [0, 0.05) is 5.56 Å². The van der Waals surface area contributed by atoms with Gasteiger partial charge in [-0.2, -0.15) is 0 Å². The molecule has 0 unspecified atom stereocenters. The van der Waals surface area contributed by atoms with E-state index >= 15 is 0 Å². The molecule has 0 radical (unpaired) electrons. The van der Waals surface area contributed by atoms with E-state index in [1.165, 1.54) is 32.1 Å². The van der Waals surface area contributed by atoms with Crippen molar-refractivity contribution in [2.75, 3.05) is 20.0 Å². The van der Waals surface area contributed by atoms with Crippen LogP contribution in [0.1, 0.15) is 44.6 Å². The molecule has 0 fully saturated rings. The molecule has 0 atom stereocenters. The lowest BCUT2D eigenvalue weighted by Gasteiger charge is -2.13.